The van der Waals surface area contributed by atoms with Gasteiger partial charge in [0.05, 0.1) is 0 Å². The molecule has 3 aliphatic rings. The van der Waals surface area contributed by atoms with Gasteiger partial charge in [-0.05, 0) is 31.7 Å². The zero-order chi connectivity index (χ0) is 20.4. The third kappa shape index (κ3) is 4.29. The monoisotopic (exact) mass is 399 g/mol. The Bertz CT molecular complexity index is 790. The van der Waals surface area contributed by atoms with E-state index in [1.807, 2.05) is 36.1 Å². The highest BCUT2D eigenvalue weighted by Gasteiger charge is 2.41. The number of aryl methyl sites for hydroxylation is 1. The first-order valence-electron chi connectivity index (χ1n) is 10.5. The van der Waals surface area contributed by atoms with Crippen LogP contribution in [0.5, 0.6) is 0 Å². The summed E-state index contributed by atoms with van der Waals surface area (Å²) >= 11 is 0. The minimum Gasteiger partial charge on any atom is -0.381 e. The van der Waals surface area contributed by atoms with Crippen LogP contribution in [0.3, 0.4) is 0 Å². The summed E-state index contributed by atoms with van der Waals surface area (Å²) in [6.07, 6.45) is 2.01. The van der Waals surface area contributed by atoms with Gasteiger partial charge >= 0.3 is 0 Å². The largest absolute Gasteiger partial charge is 0.381 e. The molecule has 0 saturated carbocycles. The average molecular weight is 399 g/mol. The summed E-state index contributed by atoms with van der Waals surface area (Å²) in [5.74, 6) is 0.113. The van der Waals surface area contributed by atoms with E-state index in [9.17, 15) is 14.4 Å². The van der Waals surface area contributed by atoms with E-state index < -0.39 is 6.04 Å². The molecule has 1 atom stereocenters. The Morgan fingerprint density at radius 1 is 1.10 bits per heavy atom. The number of nitrogens with zero attached hydrogens (tertiary/aromatic N) is 3. The number of hydrogen-bond donors (Lipinski definition) is 0. The summed E-state index contributed by atoms with van der Waals surface area (Å²) in [4.78, 5) is 44.0. The fourth-order valence-electron chi connectivity index (χ4n) is 4.62. The molecule has 3 fully saturated rings. The minimum atomic E-state index is -0.464. The molecule has 3 saturated heterocycles. The molecule has 0 bridgehead atoms. The summed E-state index contributed by atoms with van der Waals surface area (Å²) in [7, 11) is 0. The maximum Gasteiger partial charge on any atom is 0.246 e. The number of piperazine rings is 1. The van der Waals surface area contributed by atoms with Gasteiger partial charge in [-0.1, -0.05) is 29.8 Å². The van der Waals surface area contributed by atoms with Gasteiger partial charge in [0.25, 0.3) is 0 Å². The summed E-state index contributed by atoms with van der Waals surface area (Å²) < 4.78 is 5.36. The number of carbonyl (C=O) groups excluding carboxylic acids is 3. The highest BCUT2D eigenvalue weighted by molar-refractivity contribution is 5.95. The maximum atomic E-state index is 13.1. The van der Waals surface area contributed by atoms with Crippen LogP contribution in [0.25, 0.3) is 0 Å². The summed E-state index contributed by atoms with van der Waals surface area (Å²) in [5.41, 5.74) is 2.17. The van der Waals surface area contributed by atoms with Crippen molar-refractivity contribution < 1.29 is 19.1 Å². The van der Waals surface area contributed by atoms with Crippen molar-refractivity contribution in [1.29, 1.82) is 0 Å². The lowest BCUT2D eigenvalue weighted by Gasteiger charge is -2.39. The lowest BCUT2D eigenvalue weighted by atomic mass is 9.98. The number of amides is 3. The molecular weight excluding hydrogens is 370 g/mol. The van der Waals surface area contributed by atoms with Crippen molar-refractivity contribution in [3.63, 3.8) is 0 Å². The topological polar surface area (TPSA) is 70.2 Å². The Kier molecular flexibility index (Phi) is 5.85. The van der Waals surface area contributed by atoms with Crippen molar-refractivity contribution >= 4 is 17.7 Å². The van der Waals surface area contributed by atoms with Gasteiger partial charge in [0.15, 0.2) is 0 Å². The normalized spacial score (nSPS) is 23.8. The van der Waals surface area contributed by atoms with Crippen molar-refractivity contribution in [2.45, 2.75) is 38.8 Å². The third-order valence-corrected chi connectivity index (χ3v) is 6.24. The van der Waals surface area contributed by atoms with Gasteiger partial charge in [-0.2, -0.15) is 0 Å². The van der Waals surface area contributed by atoms with Crippen molar-refractivity contribution in [3.05, 3.63) is 35.4 Å². The minimum absolute atomic E-state index is 0.00287. The molecule has 0 radical (unpaired) electrons. The smallest absolute Gasteiger partial charge is 0.246 e. The fraction of sp³-hybridized carbons (Fsp3) is 0.591. The third-order valence-electron chi connectivity index (χ3n) is 6.24. The van der Waals surface area contributed by atoms with E-state index >= 15 is 0 Å². The van der Waals surface area contributed by atoms with Gasteiger partial charge in [-0.15, -0.1) is 0 Å². The molecule has 156 valence electrons. The maximum absolute atomic E-state index is 13.1. The predicted molar refractivity (Wildman–Crippen MR) is 107 cm³/mol. The second kappa shape index (κ2) is 8.53. The molecular formula is C22H29N3O4. The van der Waals surface area contributed by atoms with Crippen LogP contribution in [0.15, 0.2) is 24.3 Å². The van der Waals surface area contributed by atoms with Gasteiger partial charge in [0.1, 0.15) is 12.6 Å². The molecule has 7 heteroatoms. The van der Waals surface area contributed by atoms with E-state index in [0.717, 1.165) is 24.0 Å². The molecule has 1 aromatic carbocycles. The van der Waals surface area contributed by atoms with Gasteiger partial charge < -0.3 is 19.4 Å². The highest BCUT2D eigenvalue weighted by Crippen LogP contribution is 2.24. The van der Waals surface area contributed by atoms with Crippen LogP contribution >= 0.6 is 0 Å². The molecule has 1 aromatic rings. The Morgan fingerprint density at radius 2 is 1.90 bits per heavy atom. The molecule has 3 amide bonds. The molecule has 0 N–H and O–H groups in total. The highest BCUT2D eigenvalue weighted by atomic mass is 16.5. The first kappa shape index (κ1) is 19.9. The van der Waals surface area contributed by atoms with E-state index in [2.05, 4.69) is 0 Å². The van der Waals surface area contributed by atoms with Crippen LogP contribution in [0.1, 0.15) is 30.4 Å². The summed E-state index contributed by atoms with van der Waals surface area (Å²) in [5, 5.41) is 0. The number of hydrogen-bond acceptors (Lipinski definition) is 4. The molecule has 3 aliphatic heterocycles. The average Bonchev–Trinajstić information content (AvgIpc) is 2.96. The standard InChI is InChI=1S/C22H29N3O4/c1-16-3-2-4-17(13-16)14-24-15-20(26)25-10-9-23(8-5-19(25)22(24)28)21(27)18-6-11-29-12-7-18/h2-4,13,18-19H,5-12,14-15H2,1H3. The van der Waals surface area contributed by atoms with Gasteiger partial charge in [0, 0.05) is 45.3 Å². The van der Waals surface area contributed by atoms with Gasteiger partial charge in [-0.25, -0.2) is 0 Å². The lowest BCUT2D eigenvalue weighted by Crippen LogP contribution is -2.59. The number of fused-ring (bicyclic) bond motifs is 1. The van der Waals surface area contributed by atoms with E-state index in [0.29, 0.717) is 45.8 Å². The lowest BCUT2D eigenvalue weighted by molar-refractivity contribution is -0.156. The Morgan fingerprint density at radius 3 is 2.66 bits per heavy atom. The number of rotatable bonds is 3. The van der Waals surface area contributed by atoms with Crippen LogP contribution in [0.2, 0.25) is 0 Å². The van der Waals surface area contributed by atoms with Crippen molar-refractivity contribution in [2.24, 2.45) is 5.92 Å². The summed E-state index contributed by atoms with van der Waals surface area (Å²) in [6, 6.07) is 7.56. The van der Waals surface area contributed by atoms with Crippen LogP contribution < -0.4 is 0 Å². The molecule has 1 unspecified atom stereocenters. The number of benzene rings is 1. The summed E-state index contributed by atoms with van der Waals surface area (Å²) in [6.45, 7) is 5.29. The second-order valence-corrected chi connectivity index (χ2v) is 8.29. The first-order valence-corrected chi connectivity index (χ1v) is 10.5. The van der Waals surface area contributed by atoms with E-state index in [1.165, 1.54) is 0 Å². The van der Waals surface area contributed by atoms with Gasteiger partial charge in [-0.3, -0.25) is 14.4 Å². The number of ether oxygens (including phenoxy) is 1. The van der Waals surface area contributed by atoms with Gasteiger partial charge in [0.2, 0.25) is 17.7 Å². The molecule has 3 heterocycles. The molecule has 0 spiro atoms. The first-order chi connectivity index (χ1) is 14.0. The fourth-order valence-corrected chi connectivity index (χ4v) is 4.62. The van der Waals surface area contributed by atoms with Crippen molar-refractivity contribution in [2.75, 3.05) is 39.4 Å². The van der Waals surface area contributed by atoms with Crippen molar-refractivity contribution in [3.8, 4) is 0 Å². The van der Waals surface area contributed by atoms with E-state index in [-0.39, 0.29) is 30.2 Å². The van der Waals surface area contributed by atoms with E-state index in [1.54, 1.807) is 9.80 Å². The van der Waals surface area contributed by atoms with Crippen LogP contribution in [0.4, 0.5) is 0 Å². The molecule has 4 rings (SSSR count). The Labute approximate surface area is 171 Å². The Hall–Kier alpha value is -2.41. The Balaban J connectivity index is 1.43. The van der Waals surface area contributed by atoms with Crippen LogP contribution in [-0.4, -0.2) is 77.9 Å². The predicted octanol–water partition coefficient (Wildman–Crippen LogP) is 1.19. The van der Waals surface area contributed by atoms with Crippen LogP contribution in [-0.2, 0) is 25.7 Å². The molecule has 29 heavy (non-hydrogen) atoms. The quantitative estimate of drug-likeness (QED) is 0.766. The molecule has 0 aliphatic carbocycles. The van der Waals surface area contributed by atoms with E-state index in [4.69, 9.17) is 4.74 Å². The SMILES string of the molecule is Cc1cccc(CN2CC(=O)N3CCN(C(=O)C4CCOCC4)CCC3C2=O)c1. The number of carbonyl (C=O) groups is 3. The molecule has 0 aromatic heterocycles. The molecule has 7 nitrogen and oxygen atoms in total. The van der Waals surface area contributed by atoms with Crippen molar-refractivity contribution in [1.82, 2.24) is 14.7 Å². The second-order valence-electron chi connectivity index (χ2n) is 8.29. The zero-order valence-electron chi connectivity index (χ0n) is 17.0. The zero-order valence-corrected chi connectivity index (χ0v) is 17.0. The van der Waals surface area contributed by atoms with Crippen LogP contribution in [0, 0.1) is 12.8 Å².